The molecule has 1 N–H and O–H groups in total. The van der Waals surface area contributed by atoms with Gasteiger partial charge in [0, 0.05) is 18.7 Å². The van der Waals surface area contributed by atoms with Crippen LogP contribution in [0.25, 0.3) is 0 Å². The molecular formula is C16H16F3NO. The Morgan fingerprint density at radius 1 is 1.05 bits per heavy atom. The topological polar surface area (TPSA) is 23.5 Å². The number of benzene rings is 2. The summed E-state index contributed by atoms with van der Waals surface area (Å²) in [5.41, 5.74) is 0.658. The van der Waals surface area contributed by atoms with E-state index in [1.165, 1.54) is 12.1 Å². The van der Waals surface area contributed by atoms with Gasteiger partial charge in [0.25, 0.3) is 0 Å². The lowest BCUT2D eigenvalue weighted by Gasteiger charge is -2.21. The molecule has 0 fully saturated rings. The van der Waals surface area contributed by atoms with E-state index in [-0.39, 0.29) is 17.9 Å². The fraction of sp³-hybridized carbons (Fsp3) is 0.250. The van der Waals surface area contributed by atoms with Gasteiger partial charge in [-0.1, -0.05) is 12.1 Å². The van der Waals surface area contributed by atoms with Gasteiger partial charge in [-0.2, -0.15) is 0 Å². The van der Waals surface area contributed by atoms with Gasteiger partial charge in [0.05, 0.1) is 6.10 Å². The SMILES string of the molecule is CN(Cc1cccc(F)c1)CC(O)c1cc(F)ccc1F. The van der Waals surface area contributed by atoms with E-state index in [4.69, 9.17) is 0 Å². The third-order valence-electron chi connectivity index (χ3n) is 3.14. The van der Waals surface area contributed by atoms with Gasteiger partial charge in [-0.05, 0) is 42.9 Å². The van der Waals surface area contributed by atoms with Crippen molar-refractivity contribution in [2.75, 3.05) is 13.6 Å². The normalized spacial score (nSPS) is 12.7. The predicted molar refractivity (Wildman–Crippen MR) is 74.1 cm³/mol. The first-order valence-corrected chi connectivity index (χ1v) is 6.51. The molecule has 5 heteroatoms. The van der Waals surface area contributed by atoms with Crippen LogP contribution in [-0.2, 0) is 6.54 Å². The first kappa shape index (κ1) is 15.5. The molecule has 0 radical (unpaired) electrons. The summed E-state index contributed by atoms with van der Waals surface area (Å²) in [6, 6.07) is 9.07. The lowest BCUT2D eigenvalue weighted by Crippen LogP contribution is -2.24. The van der Waals surface area contributed by atoms with Gasteiger partial charge in [0.2, 0.25) is 0 Å². The lowest BCUT2D eigenvalue weighted by molar-refractivity contribution is 0.120. The van der Waals surface area contributed by atoms with Crippen LogP contribution in [0.15, 0.2) is 42.5 Å². The number of halogens is 3. The highest BCUT2D eigenvalue weighted by molar-refractivity contribution is 5.21. The average molecular weight is 295 g/mol. The highest BCUT2D eigenvalue weighted by Crippen LogP contribution is 2.19. The molecule has 0 saturated carbocycles. The molecule has 1 unspecified atom stereocenters. The van der Waals surface area contributed by atoms with Crippen molar-refractivity contribution in [1.29, 1.82) is 0 Å². The van der Waals surface area contributed by atoms with Crippen LogP contribution in [0.3, 0.4) is 0 Å². The number of rotatable bonds is 5. The Balaban J connectivity index is 2.01. The highest BCUT2D eigenvalue weighted by atomic mass is 19.1. The summed E-state index contributed by atoms with van der Waals surface area (Å²) < 4.78 is 39.7. The number of aliphatic hydroxyl groups excluding tert-OH is 1. The maximum Gasteiger partial charge on any atom is 0.129 e. The van der Waals surface area contributed by atoms with Crippen molar-refractivity contribution in [2.24, 2.45) is 0 Å². The number of hydrogen-bond acceptors (Lipinski definition) is 2. The van der Waals surface area contributed by atoms with Crippen LogP contribution in [0, 0.1) is 17.5 Å². The first-order valence-electron chi connectivity index (χ1n) is 6.51. The lowest BCUT2D eigenvalue weighted by atomic mass is 10.1. The average Bonchev–Trinajstić information content (AvgIpc) is 2.41. The van der Waals surface area contributed by atoms with Crippen LogP contribution in [0.5, 0.6) is 0 Å². The van der Waals surface area contributed by atoms with Gasteiger partial charge in [-0.25, -0.2) is 13.2 Å². The Morgan fingerprint density at radius 3 is 2.48 bits per heavy atom. The smallest absolute Gasteiger partial charge is 0.129 e. The Kier molecular flexibility index (Phi) is 4.98. The van der Waals surface area contributed by atoms with Gasteiger partial charge in [-0.3, -0.25) is 4.90 Å². The van der Waals surface area contributed by atoms with Crippen LogP contribution in [0.2, 0.25) is 0 Å². The van der Waals surface area contributed by atoms with E-state index >= 15 is 0 Å². The van der Waals surface area contributed by atoms with Crippen molar-refractivity contribution in [2.45, 2.75) is 12.6 Å². The Bertz CT molecular complexity index is 618. The third-order valence-corrected chi connectivity index (χ3v) is 3.14. The molecule has 2 rings (SSSR count). The van der Waals surface area contributed by atoms with E-state index in [0.717, 1.165) is 23.8 Å². The van der Waals surface area contributed by atoms with Gasteiger partial charge in [0.1, 0.15) is 17.5 Å². The molecule has 0 bridgehead atoms. The monoisotopic (exact) mass is 295 g/mol. The number of hydrogen-bond donors (Lipinski definition) is 1. The largest absolute Gasteiger partial charge is 0.387 e. The van der Waals surface area contributed by atoms with E-state index in [2.05, 4.69) is 0 Å². The molecule has 112 valence electrons. The minimum absolute atomic E-state index is 0.0823. The zero-order valence-corrected chi connectivity index (χ0v) is 11.6. The number of aliphatic hydroxyl groups is 1. The van der Waals surface area contributed by atoms with Gasteiger partial charge in [0.15, 0.2) is 0 Å². The molecule has 2 nitrogen and oxygen atoms in total. The second-order valence-electron chi connectivity index (χ2n) is 5.01. The van der Waals surface area contributed by atoms with Crippen molar-refractivity contribution in [3.8, 4) is 0 Å². The van der Waals surface area contributed by atoms with E-state index in [1.807, 2.05) is 0 Å². The third kappa shape index (κ3) is 4.31. The molecule has 2 aromatic carbocycles. The maximum absolute atomic E-state index is 13.6. The van der Waals surface area contributed by atoms with Crippen LogP contribution in [0.1, 0.15) is 17.2 Å². The van der Waals surface area contributed by atoms with Gasteiger partial charge < -0.3 is 5.11 Å². The predicted octanol–water partition coefficient (Wildman–Crippen LogP) is 3.27. The fourth-order valence-corrected chi connectivity index (χ4v) is 2.18. The summed E-state index contributed by atoms with van der Waals surface area (Å²) >= 11 is 0. The molecule has 1 atom stereocenters. The van der Waals surface area contributed by atoms with E-state index < -0.39 is 17.7 Å². The van der Waals surface area contributed by atoms with E-state index in [1.54, 1.807) is 24.1 Å². The molecule has 0 saturated heterocycles. The summed E-state index contributed by atoms with van der Waals surface area (Å²) in [5.74, 6) is -1.58. The highest BCUT2D eigenvalue weighted by Gasteiger charge is 2.16. The second-order valence-corrected chi connectivity index (χ2v) is 5.01. The molecule has 0 amide bonds. The number of likely N-dealkylation sites (N-methyl/N-ethyl adjacent to an activating group) is 1. The first-order chi connectivity index (χ1) is 9.95. The zero-order valence-electron chi connectivity index (χ0n) is 11.6. The van der Waals surface area contributed by atoms with Crippen LogP contribution in [-0.4, -0.2) is 23.6 Å². The summed E-state index contributed by atoms with van der Waals surface area (Å²) in [4.78, 5) is 1.71. The zero-order chi connectivity index (χ0) is 15.4. The van der Waals surface area contributed by atoms with Crippen LogP contribution >= 0.6 is 0 Å². The van der Waals surface area contributed by atoms with Crippen LogP contribution in [0.4, 0.5) is 13.2 Å². The Hall–Kier alpha value is -1.85. The molecule has 2 aromatic rings. The van der Waals surface area contributed by atoms with Gasteiger partial charge in [-0.15, -0.1) is 0 Å². The Labute approximate surface area is 121 Å². The molecule has 21 heavy (non-hydrogen) atoms. The summed E-state index contributed by atoms with van der Waals surface area (Å²) in [6.07, 6.45) is -1.15. The second kappa shape index (κ2) is 6.74. The summed E-state index contributed by atoms with van der Waals surface area (Å²) in [6.45, 7) is 0.503. The summed E-state index contributed by atoms with van der Waals surface area (Å²) in [7, 11) is 1.71. The van der Waals surface area contributed by atoms with Crippen molar-refractivity contribution >= 4 is 0 Å². The molecule has 0 aliphatic heterocycles. The standard InChI is InChI=1S/C16H16F3NO/c1-20(9-11-3-2-4-12(17)7-11)10-16(21)14-8-13(18)5-6-15(14)19/h2-8,16,21H,9-10H2,1H3. The minimum atomic E-state index is -1.15. The molecular weight excluding hydrogens is 279 g/mol. The van der Waals surface area contributed by atoms with Crippen molar-refractivity contribution < 1.29 is 18.3 Å². The molecule has 0 aromatic heterocycles. The van der Waals surface area contributed by atoms with E-state index in [0.29, 0.717) is 6.54 Å². The maximum atomic E-state index is 13.6. The van der Waals surface area contributed by atoms with Crippen LogP contribution < -0.4 is 0 Å². The van der Waals surface area contributed by atoms with E-state index in [9.17, 15) is 18.3 Å². The number of nitrogens with zero attached hydrogens (tertiary/aromatic N) is 1. The summed E-state index contributed by atoms with van der Waals surface area (Å²) in [5, 5.41) is 10.0. The Morgan fingerprint density at radius 2 is 1.76 bits per heavy atom. The van der Waals surface area contributed by atoms with Gasteiger partial charge >= 0.3 is 0 Å². The molecule has 0 spiro atoms. The fourth-order valence-electron chi connectivity index (χ4n) is 2.18. The molecule has 0 heterocycles. The quantitative estimate of drug-likeness (QED) is 0.915. The van der Waals surface area contributed by atoms with Crippen molar-refractivity contribution in [3.63, 3.8) is 0 Å². The molecule has 0 aliphatic rings. The molecule has 0 aliphatic carbocycles. The minimum Gasteiger partial charge on any atom is -0.387 e. The van der Waals surface area contributed by atoms with Crippen molar-refractivity contribution in [1.82, 2.24) is 4.90 Å². The van der Waals surface area contributed by atoms with Crippen molar-refractivity contribution in [3.05, 3.63) is 71.0 Å².